The van der Waals surface area contributed by atoms with E-state index in [0.717, 1.165) is 10.5 Å². The largest absolute Gasteiger partial charge is 0.310 e. The number of fused-ring (bicyclic) bond motifs is 1. The Bertz CT molecular complexity index is 785. The van der Waals surface area contributed by atoms with E-state index in [1.165, 1.54) is 6.92 Å². The molecule has 0 aromatic heterocycles. The monoisotopic (exact) mass is 300 g/mol. The zero-order chi connectivity index (χ0) is 16.6. The molecule has 21 heavy (non-hydrogen) atoms. The molecule has 0 saturated heterocycles. The number of nitrogens with zero attached hydrogens (tertiary/aromatic N) is 2. The summed E-state index contributed by atoms with van der Waals surface area (Å²) in [5.41, 5.74) is 2.64. The normalized spacial score (nSPS) is 16.6. The minimum Gasteiger partial charge on any atom is -0.310 e. The van der Waals surface area contributed by atoms with Crippen LogP contribution in [-0.2, 0) is 4.79 Å². The maximum atomic E-state index is 12.4. The predicted octanol–water partition coefficient (Wildman–Crippen LogP) is 3.54. The van der Waals surface area contributed by atoms with Crippen molar-refractivity contribution in [3.8, 4) is 0 Å². The Kier molecular flexibility index (Phi) is 3.13. The number of anilines is 1. The van der Waals surface area contributed by atoms with Crippen molar-refractivity contribution in [1.29, 1.82) is 0 Å². The molecule has 3 rings (SSSR count). The van der Waals surface area contributed by atoms with Crippen LogP contribution in [0.3, 0.4) is 0 Å². The molecule has 1 aliphatic rings. The molecule has 0 bridgehead atoms. The van der Waals surface area contributed by atoms with Gasteiger partial charge in [-0.3, -0.25) is 9.79 Å². The standard InChI is InChI=1S/C17H15ClN2O/c1-2-20-15-9-8-13(18)10-14(15)17(19-11-16(20)21)12-6-4-3-5-7-12/h3-10H,2,11H2,1H3/i2D2. The van der Waals surface area contributed by atoms with Crippen LogP contribution in [0.2, 0.25) is 5.02 Å². The van der Waals surface area contributed by atoms with Crippen LogP contribution in [0.15, 0.2) is 53.5 Å². The Morgan fingerprint density at radius 3 is 2.76 bits per heavy atom. The molecule has 0 unspecified atom stereocenters. The van der Waals surface area contributed by atoms with Gasteiger partial charge in [-0.05, 0) is 25.1 Å². The maximum Gasteiger partial charge on any atom is 0.248 e. The summed E-state index contributed by atoms with van der Waals surface area (Å²) in [6.45, 7) is -0.581. The fourth-order valence-corrected chi connectivity index (χ4v) is 2.59. The van der Waals surface area contributed by atoms with Gasteiger partial charge in [0.15, 0.2) is 0 Å². The fourth-order valence-electron chi connectivity index (χ4n) is 2.42. The van der Waals surface area contributed by atoms with Crippen LogP contribution in [-0.4, -0.2) is 24.7 Å². The Morgan fingerprint density at radius 1 is 1.29 bits per heavy atom. The molecule has 2 aromatic rings. The first-order valence-corrected chi connectivity index (χ1v) is 6.98. The van der Waals surface area contributed by atoms with Crippen molar-refractivity contribution in [3.63, 3.8) is 0 Å². The van der Waals surface area contributed by atoms with Gasteiger partial charge in [0.1, 0.15) is 6.54 Å². The Balaban J connectivity index is 2.25. The van der Waals surface area contributed by atoms with Crippen LogP contribution in [0.1, 0.15) is 20.8 Å². The molecule has 0 atom stereocenters. The first-order chi connectivity index (χ1) is 10.9. The van der Waals surface area contributed by atoms with Gasteiger partial charge in [0.05, 0.1) is 11.4 Å². The molecule has 0 aliphatic carbocycles. The summed E-state index contributed by atoms with van der Waals surface area (Å²) in [5, 5.41) is 0.512. The van der Waals surface area contributed by atoms with Crippen molar-refractivity contribution < 1.29 is 7.54 Å². The van der Waals surface area contributed by atoms with Gasteiger partial charge in [0.2, 0.25) is 5.91 Å². The van der Waals surface area contributed by atoms with Gasteiger partial charge < -0.3 is 4.90 Å². The highest BCUT2D eigenvalue weighted by Gasteiger charge is 2.24. The zero-order valence-corrected chi connectivity index (χ0v) is 12.3. The summed E-state index contributed by atoms with van der Waals surface area (Å²) < 4.78 is 16.0. The number of benzodiazepines with no additional fused rings is 1. The third-order valence-corrected chi connectivity index (χ3v) is 3.58. The summed E-state index contributed by atoms with van der Waals surface area (Å²) in [7, 11) is 0. The van der Waals surface area contributed by atoms with E-state index in [2.05, 4.69) is 4.99 Å². The van der Waals surface area contributed by atoms with E-state index in [1.807, 2.05) is 30.3 Å². The summed E-state index contributed by atoms with van der Waals surface area (Å²) >= 11 is 6.13. The molecular weight excluding hydrogens is 284 g/mol. The van der Waals surface area contributed by atoms with E-state index < -0.39 is 6.50 Å². The Morgan fingerprint density at radius 2 is 2.05 bits per heavy atom. The lowest BCUT2D eigenvalue weighted by molar-refractivity contribution is -0.117. The second-order valence-electron chi connectivity index (χ2n) is 4.65. The number of carbonyl (C=O) groups is 1. The van der Waals surface area contributed by atoms with E-state index in [9.17, 15) is 4.79 Å². The topological polar surface area (TPSA) is 32.7 Å². The number of likely N-dealkylation sites (N-methyl/N-ethyl adjacent to an activating group) is 1. The minimum atomic E-state index is -1.83. The average Bonchev–Trinajstić information content (AvgIpc) is 2.63. The van der Waals surface area contributed by atoms with Crippen LogP contribution in [0.25, 0.3) is 0 Å². The molecule has 3 nitrogen and oxygen atoms in total. The summed E-state index contributed by atoms with van der Waals surface area (Å²) in [5.74, 6) is -0.382. The lowest BCUT2D eigenvalue weighted by atomic mass is 10.0. The molecule has 1 aliphatic heterocycles. The van der Waals surface area contributed by atoms with Gasteiger partial charge in [-0.25, -0.2) is 0 Å². The van der Waals surface area contributed by atoms with Gasteiger partial charge in [-0.2, -0.15) is 0 Å². The number of halogens is 1. The molecule has 0 N–H and O–H groups in total. The minimum absolute atomic E-state index is 0.107. The summed E-state index contributed by atoms with van der Waals surface area (Å²) in [6.07, 6.45) is 0. The van der Waals surface area contributed by atoms with Gasteiger partial charge in [-0.1, -0.05) is 41.9 Å². The van der Waals surface area contributed by atoms with Crippen molar-refractivity contribution in [2.75, 3.05) is 17.9 Å². The van der Waals surface area contributed by atoms with Crippen LogP contribution >= 0.6 is 11.6 Å². The van der Waals surface area contributed by atoms with Crippen LogP contribution in [0, 0.1) is 0 Å². The molecule has 4 heteroatoms. The van der Waals surface area contributed by atoms with Gasteiger partial charge in [0, 0.05) is 25.4 Å². The highest BCUT2D eigenvalue weighted by atomic mass is 35.5. The lowest BCUT2D eigenvalue weighted by Gasteiger charge is -2.21. The Labute approximate surface area is 131 Å². The number of carbonyl (C=O) groups excluding carboxylic acids is 1. The third kappa shape index (κ3) is 2.57. The first kappa shape index (κ1) is 11.5. The number of hydrogen-bond acceptors (Lipinski definition) is 2. The van der Waals surface area contributed by atoms with Gasteiger partial charge >= 0.3 is 0 Å². The number of amides is 1. The predicted molar refractivity (Wildman–Crippen MR) is 86.4 cm³/mol. The lowest BCUT2D eigenvalue weighted by Crippen LogP contribution is -2.32. The van der Waals surface area contributed by atoms with Crippen molar-refractivity contribution in [3.05, 3.63) is 64.7 Å². The number of rotatable bonds is 2. The molecule has 106 valence electrons. The van der Waals surface area contributed by atoms with Gasteiger partial charge in [0.25, 0.3) is 0 Å². The second-order valence-corrected chi connectivity index (χ2v) is 5.08. The van der Waals surface area contributed by atoms with E-state index in [4.69, 9.17) is 14.3 Å². The quantitative estimate of drug-likeness (QED) is 0.835. The molecule has 0 spiro atoms. The van der Waals surface area contributed by atoms with Crippen molar-refractivity contribution in [2.24, 2.45) is 4.99 Å². The smallest absolute Gasteiger partial charge is 0.248 e. The highest BCUT2D eigenvalue weighted by molar-refractivity contribution is 6.32. The van der Waals surface area contributed by atoms with Crippen LogP contribution < -0.4 is 4.90 Å². The fraction of sp³-hybridized carbons (Fsp3) is 0.176. The second kappa shape index (κ2) is 5.70. The molecule has 0 saturated carbocycles. The molecule has 0 radical (unpaired) electrons. The van der Waals surface area contributed by atoms with Crippen LogP contribution in [0.5, 0.6) is 0 Å². The maximum absolute atomic E-state index is 12.4. The average molecular weight is 301 g/mol. The zero-order valence-electron chi connectivity index (χ0n) is 13.5. The first-order valence-electron chi connectivity index (χ1n) is 7.61. The number of hydrogen-bond donors (Lipinski definition) is 0. The SMILES string of the molecule is [2H]C([2H])(C)N1C(=O)CN=C(c2ccccc2)c2cc(Cl)ccc21. The summed E-state index contributed by atoms with van der Waals surface area (Å²) in [4.78, 5) is 18.0. The van der Waals surface area contributed by atoms with E-state index >= 15 is 0 Å². The highest BCUT2D eigenvalue weighted by Crippen LogP contribution is 2.29. The van der Waals surface area contributed by atoms with Crippen molar-refractivity contribution in [2.45, 2.75) is 6.92 Å². The van der Waals surface area contributed by atoms with E-state index in [-0.39, 0.29) is 12.5 Å². The van der Waals surface area contributed by atoms with E-state index in [0.29, 0.717) is 22.0 Å². The number of benzene rings is 2. The van der Waals surface area contributed by atoms with Gasteiger partial charge in [-0.15, -0.1) is 0 Å². The number of aliphatic imine (C=N–C) groups is 1. The van der Waals surface area contributed by atoms with Crippen LogP contribution in [0.4, 0.5) is 5.69 Å². The molecule has 1 amide bonds. The molecular formula is C17H15ClN2O. The molecule has 0 fully saturated rings. The summed E-state index contributed by atoms with van der Waals surface area (Å²) in [6, 6.07) is 14.6. The third-order valence-electron chi connectivity index (χ3n) is 3.35. The van der Waals surface area contributed by atoms with Crippen molar-refractivity contribution >= 4 is 28.9 Å². The Hall–Kier alpha value is -2.13. The van der Waals surface area contributed by atoms with E-state index in [1.54, 1.807) is 18.2 Å². The molecule has 1 heterocycles. The molecule has 2 aromatic carbocycles. The van der Waals surface area contributed by atoms with Crippen molar-refractivity contribution in [1.82, 2.24) is 0 Å².